The van der Waals surface area contributed by atoms with Crippen molar-refractivity contribution in [3.8, 4) is 0 Å². The van der Waals surface area contributed by atoms with Gasteiger partial charge in [0.15, 0.2) is 5.96 Å². The van der Waals surface area contributed by atoms with Crippen LogP contribution in [-0.4, -0.2) is 192 Å². The highest BCUT2D eigenvalue weighted by Crippen LogP contribution is 2.22. The largest absolute Gasteiger partial charge is 0.370 e. The molecule has 4 heterocycles. The predicted octanol–water partition coefficient (Wildman–Crippen LogP) is -3.19. The number of aromatic nitrogens is 1. The highest BCUT2D eigenvalue weighted by molar-refractivity contribution is 6.30. The number of rotatable bonds is 20. The van der Waals surface area contributed by atoms with Crippen LogP contribution < -0.4 is 81.0 Å². The normalized spacial score (nSPS) is 21.9. The van der Waals surface area contributed by atoms with Crippen molar-refractivity contribution in [2.24, 2.45) is 28.1 Å². The summed E-state index contributed by atoms with van der Waals surface area (Å²) in [5.41, 5.74) is 18.5. The first-order valence-electron chi connectivity index (χ1n) is 33.0. The zero-order valence-electron chi connectivity index (χ0n) is 55.7. The molecule has 18 N–H and O–H groups in total. The molecule has 7 rings (SSSR count). The summed E-state index contributed by atoms with van der Waals surface area (Å²) in [6.07, 6.45) is -0.0973. The molecule has 3 fully saturated rings. The van der Waals surface area contributed by atoms with Crippen molar-refractivity contribution < 1.29 is 67.1 Å². The average molecular weight is 1400 g/mol. The molecule has 100 heavy (non-hydrogen) atoms. The number of aliphatic imine (C=N–C) groups is 1. The van der Waals surface area contributed by atoms with E-state index < -0.39 is 175 Å². The van der Waals surface area contributed by atoms with Crippen molar-refractivity contribution in [2.75, 3.05) is 32.7 Å². The third-order valence-electron chi connectivity index (χ3n) is 16.8. The lowest BCUT2D eigenvalue weighted by Gasteiger charge is -2.31. The summed E-state index contributed by atoms with van der Waals surface area (Å²) in [7, 11) is 0. The quantitative estimate of drug-likeness (QED) is 0.0179. The van der Waals surface area contributed by atoms with Crippen molar-refractivity contribution in [2.45, 2.75) is 158 Å². The Bertz CT molecular complexity index is 3690. The van der Waals surface area contributed by atoms with Gasteiger partial charge in [0.05, 0.1) is 13.0 Å². The molecule has 4 aromatic rings. The van der Waals surface area contributed by atoms with Crippen LogP contribution in [-0.2, 0) is 86.4 Å². The van der Waals surface area contributed by atoms with E-state index in [9.17, 15) is 52.7 Å². The number of hydrogen-bond acceptors (Lipinski definition) is 16. The third-order valence-corrected chi connectivity index (χ3v) is 17.0. The fourth-order valence-electron chi connectivity index (χ4n) is 11.6. The van der Waals surface area contributed by atoms with E-state index in [1.54, 1.807) is 56.3 Å². The Kier molecular flexibility index (Phi) is 28.5. The summed E-state index contributed by atoms with van der Waals surface area (Å²) in [5.74, 6) is -13.7. The highest BCUT2D eigenvalue weighted by Gasteiger charge is 2.41. The fourth-order valence-corrected chi connectivity index (χ4v) is 11.8. The zero-order valence-corrected chi connectivity index (χ0v) is 56.5. The number of nitrogens with one attached hydrogen (secondary N) is 12. The van der Waals surface area contributed by atoms with Gasteiger partial charge in [-0.3, -0.25) is 77.1 Å². The first kappa shape index (κ1) is 76.6. The maximum atomic E-state index is 15.2. The van der Waals surface area contributed by atoms with Crippen LogP contribution in [0.3, 0.4) is 0 Å². The average Bonchev–Trinajstić information content (AvgIpc) is 1.44. The molecule has 1 aromatic heterocycles. The van der Waals surface area contributed by atoms with E-state index in [1.165, 1.54) is 24.2 Å². The second-order valence-corrected chi connectivity index (χ2v) is 25.6. The lowest BCUT2D eigenvalue weighted by Crippen LogP contribution is -2.61. The first-order valence-corrected chi connectivity index (χ1v) is 33.3. The van der Waals surface area contributed by atoms with E-state index in [2.05, 4.69) is 73.8 Å². The standard InChI is InChI=1S/C67H87ClN18O14/c1-36(2)27-47-60(94)80-46-22-25-73-56(90)35-76-54(88)21-20-45(59(93)78-44(58(92)81-47)12-7-24-74-67(70)71)79-64(98)51(32-55(89)75-34-52(57(69)91)85-65(99)53-13-8-26-86(53)66(46)100)84-63(97)50(31-40-9-6-23-72-33-40)83-62(96)49(29-38-15-18-43(68)19-16-38)82-61(95)48(77-37(3)87)30-39-14-17-41-10-4-5-11-42(41)28-39/h4-6,9-11,14-19,23,28,33,36,44-53H,7-8,12-13,20-22,24-27,29-32,34-35H2,1-3H3,(H2,69,91)(H,73,90)(H,75,89)(H,76,88)(H,77,87)(H,78,93)(H,79,98)(H,80,94)(H,81,92)(H,82,95)(H,83,96)(H,84,97)(H,85,99)(H4,70,71,74)/t44-,45+,46+,47+,48-,49-,50-,51+,52?,53+/m1/s1. The van der Waals surface area contributed by atoms with E-state index in [-0.39, 0.29) is 89.3 Å². The van der Waals surface area contributed by atoms with Gasteiger partial charge in [0.1, 0.15) is 60.4 Å². The molecule has 2 bridgehead atoms. The molecule has 10 atom stereocenters. The Hall–Kier alpha value is -10.8. The zero-order chi connectivity index (χ0) is 72.6. The monoisotopic (exact) mass is 1400 g/mol. The van der Waals surface area contributed by atoms with Crippen molar-refractivity contribution in [3.05, 3.63) is 113 Å². The first-order chi connectivity index (χ1) is 47.7. The van der Waals surface area contributed by atoms with Gasteiger partial charge in [-0.1, -0.05) is 86.1 Å². The number of nitrogens with two attached hydrogens (primary N) is 3. The van der Waals surface area contributed by atoms with Crippen molar-refractivity contribution >= 4 is 111 Å². The van der Waals surface area contributed by atoms with Crippen LogP contribution in [0.5, 0.6) is 0 Å². The molecule has 536 valence electrons. The highest BCUT2D eigenvalue weighted by atomic mass is 35.5. The third kappa shape index (κ3) is 23.7. The number of fused-ring (bicyclic) bond motifs is 11. The van der Waals surface area contributed by atoms with E-state index >= 15 is 14.4 Å². The van der Waals surface area contributed by atoms with Gasteiger partial charge in [0, 0.05) is 76.2 Å². The van der Waals surface area contributed by atoms with Gasteiger partial charge in [0.2, 0.25) is 82.7 Å². The van der Waals surface area contributed by atoms with Gasteiger partial charge in [-0.2, -0.15) is 0 Å². The van der Waals surface area contributed by atoms with Crippen LogP contribution in [0, 0.1) is 5.92 Å². The topological polar surface area (TPSA) is 490 Å². The van der Waals surface area contributed by atoms with Crippen LogP contribution in [0.1, 0.15) is 95.2 Å². The molecule has 33 heteroatoms. The van der Waals surface area contributed by atoms with Crippen LogP contribution in [0.25, 0.3) is 10.8 Å². The van der Waals surface area contributed by atoms with Crippen molar-refractivity contribution in [1.29, 1.82) is 0 Å². The predicted molar refractivity (Wildman–Crippen MR) is 365 cm³/mol. The minimum absolute atomic E-state index is 0.0157. The van der Waals surface area contributed by atoms with E-state index in [1.807, 2.05) is 36.4 Å². The van der Waals surface area contributed by atoms with Crippen LogP contribution in [0.15, 0.2) is 96.2 Å². The van der Waals surface area contributed by atoms with E-state index in [0.717, 1.165) is 10.8 Å². The van der Waals surface area contributed by atoms with Crippen molar-refractivity contribution in [3.63, 3.8) is 0 Å². The van der Waals surface area contributed by atoms with Crippen LogP contribution in [0.2, 0.25) is 5.02 Å². The molecule has 3 aliphatic rings. The Labute approximate surface area is 581 Å². The molecular weight excluding hydrogens is 1320 g/mol. The maximum absolute atomic E-state index is 15.2. The summed E-state index contributed by atoms with van der Waals surface area (Å²) >= 11 is 6.25. The summed E-state index contributed by atoms with van der Waals surface area (Å²) in [6, 6.07) is 6.81. The smallest absolute Gasteiger partial charge is 0.245 e. The van der Waals surface area contributed by atoms with Gasteiger partial charge >= 0.3 is 0 Å². The lowest BCUT2D eigenvalue weighted by molar-refractivity contribution is -0.142. The number of amides is 14. The molecule has 0 aliphatic carbocycles. The summed E-state index contributed by atoms with van der Waals surface area (Å²) in [4.78, 5) is 209. The molecule has 0 saturated carbocycles. The number of hydrogen-bond donors (Lipinski definition) is 15. The number of primary amides is 1. The number of benzene rings is 3. The summed E-state index contributed by atoms with van der Waals surface area (Å²) < 4.78 is 0. The number of pyridine rings is 1. The Morgan fingerprint density at radius 2 is 1.29 bits per heavy atom. The van der Waals surface area contributed by atoms with E-state index in [4.69, 9.17) is 28.8 Å². The van der Waals surface area contributed by atoms with Gasteiger partial charge < -0.3 is 85.9 Å². The SMILES string of the molecule is CC(=O)N[C@H](Cc1ccc2ccccc2c1)C(=O)N[C@H](Cc1ccc(Cl)cc1)C(=O)N[C@H](Cc1cccnc1)C(=O)N[C@H]1CC(=O)NCC(C(N)=O)NC(=O)[C@@H]2CCCN2C(=O)[C@@H]2CCNC(=O)CNC(=O)CC[C@H](NC1=O)C(=O)N[C@H](CCCN=C(N)N)C(=O)N[C@@H](CC(C)C)C(=O)N2. The molecule has 32 nitrogen and oxygen atoms in total. The summed E-state index contributed by atoms with van der Waals surface area (Å²) in [5, 5.41) is 33.2. The van der Waals surface area contributed by atoms with Gasteiger partial charge in [0.25, 0.3) is 0 Å². The number of carbonyl (C=O) groups excluding carboxylic acids is 14. The van der Waals surface area contributed by atoms with E-state index in [0.29, 0.717) is 21.7 Å². The minimum Gasteiger partial charge on any atom is -0.370 e. The van der Waals surface area contributed by atoms with Gasteiger partial charge in [-0.05, 0) is 96.5 Å². The maximum Gasteiger partial charge on any atom is 0.245 e. The van der Waals surface area contributed by atoms with Gasteiger partial charge in [-0.25, -0.2) is 0 Å². The molecular formula is C67H87ClN18O14. The summed E-state index contributed by atoms with van der Waals surface area (Å²) in [6.45, 7) is 3.03. The Morgan fingerprint density at radius 3 is 1.97 bits per heavy atom. The number of carbonyl (C=O) groups is 14. The van der Waals surface area contributed by atoms with Gasteiger partial charge in [-0.15, -0.1) is 0 Å². The van der Waals surface area contributed by atoms with Crippen LogP contribution in [0.4, 0.5) is 0 Å². The number of halogens is 1. The second-order valence-electron chi connectivity index (χ2n) is 25.2. The second kappa shape index (κ2) is 37.2. The number of guanidine groups is 1. The number of nitrogens with zero attached hydrogens (tertiary/aromatic N) is 3. The molecule has 3 aromatic carbocycles. The molecule has 0 radical (unpaired) electrons. The Balaban J connectivity index is 1.28. The molecule has 1 unspecified atom stereocenters. The molecule has 3 aliphatic heterocycles. The molecule has 14 amide bonds. The lowest BCUT2D eigenvalue weighted by atomic mass is 9.99. The van der Waals surface area contributed by atoms with Crippen molar-refractivity contribution in [1.82, 2.24) is 73.7 Å². The minimum atomic E-state index is -2.06. The fraction of sp³-hybridized carbons (Fsp3) is 0.463. The Morgan fingerprint density at radius 1 is 0.640 bits per heavy atom. The molecule has 0 spiro atoms. The molecule has 3 saturated heterocycles. The van der Waals surface area contributed by atoms with Crippen LogP contribution >= 0.6 is 11.6 Å².